The summed E-state index contributed by atoms with van der Waals surface area (Å²) >= 11 is 18.1. The topological polar surface area (TPSA) is 21.3 Å². The minimum Gasteiger partial charge on any atom is -0.485 e. The zero-order chi connectivity index (χ0) is 14.8. The fourth-order valence-electron chi connectivity index (χ4n) is 2.34. The highest BCUT2D eigenvalue weighted by atomic mass is 35.5. The van der Waals surface area contributed by atoms with Gasteiger partial charge in [-0.3, -0.25) is 0 Å². The molecule has 1 atom stereocenters. The maximum Gasteiger partial charge on any atom is 0.129 e. The second kappa shape index (κ2) is 6.45. The van der Waals surface area contributed by atoms with E-state index in [-0.39, 0.29) is 6.10 Å². The van der Waals surface area contributed by atoms with Crippen LogP contribution in [0.1, 0.15) is 11.7 Å². The monoisotopic (exact) mass is 341 g/mol. The highest BCUT2D eigenvalue weighted by Gasteiger charge is 2.30. The first-order valence-corrected chi connectivity index (χ1v) is 7.85. The van der Waals surface area contributed by atoms with Gasteiger partial charge in [-0.25, -0.2) is 0 Å². The quantitative estimate of drug-likeness (QED) is 0.845. The molecule has 1 aliphatic rings. The Balaban J connectivity index is 1.88. The van der Waals surface area contributed by atoms with Crippen molar-refractivity contribution < 1.29 is 4.74 Å². The van der Waals surface area contributed by atoms with E-state index in [1.54, 1.807) is 6.07 Å². The Labute approximate surface area is 139 Å². The third kappa shape index (κ3) is 3.46. The van der Waals surface area contributed by atoms with Crippen LogP contribution in [-0.4, -0.2) is 13.1 Å². The molecule has 1 heterocycles. The van der Waals surface area contributed by atoms with Crippen molar-refractivity contribution in [2.24, 2.45) is 5.92 Å². The number of rotatable bonds is 4. The summed E-state index contributed by atoms with van der Waals surface area (Å²) in [5.41, 5.74) is 1.02. The van der Waals surface area contributed by atoms with E-state index >= 15 is 0 Å². The summed E-state index contributed by atoms with van der Waals surface area (Å²) in [6, 6.07) is 13.1. The largest absolute Gasteiger partial charge is 0.485 e. The van der Waals surface area contributed by atoms with E-state index in [2.05, 4.69) is 5.32 Å². The highest BCUT2D eigenvalue weighted by Crippen LogP contribution is 2.34. The van der Waals surface area contributed by atoms with E-state index < -0.39 is 0 Å². The maximum absolute atomic E-state index is 6.15. The van der Waals surface area contributed by atoms with Gasteiger partial charge in [-0.15, -0.1) is 0 Å². The molecule has 0 spiro atoms. The number of halogens is 3. The summed E-state index contributed by atoms with van der Waals surface area (Å²) in [4.78, 5) is 0. The average Bonchev–Trinajstić information content (AvgIpc) is 2.39. The van der Waals surface area contributed by atoms with Crippen molar-refractivity contribution in [3.05, 3.63) is 63.1 Å². The summed E-state index contributed by atoms with van der Waals surface area (Å²) in [6.45, 7) is 1.84. The number of hydrogen-bond acceptors (Lipinski definition) is 2. The fraction of sp³-hybridized carbons (Fsp3) is 0.250. The first kappa shape index (κ1) is 15.0. The molecule has 0 bridgehead atoms. The highest BCUT2D eigenvalue weighted by molar-refractivity contribution is 6.42. The summed E-state index contributed by atoms with van der Waals surface area (Å²) in [5, 5.41) is 5.02. The molecule has 3 rings (SSSR count). The minimum absolute atomic E-state index is 0.0699. The molecule has 1 aliphatic heterocycles. The molecule has 1 unspecified atom stereocenters. The van der Waals surface area contributed by atoms with Crippen molar-refractivity contribution in [3.63, 3.8) is 0 Å². The van der Waals surface area contributed by atoms with E-state index in [0.717, 1.165) is 24.4 Å². The SMILES string of the molecule is Clc1cccc(OC(c2ccc(Cl)c(Cl)c2)C2CNC2)c1. The lowest BCUT2D eigenvalue weighted by molar-refractivity contribution is 0.0993. The fourth-order valence-corrected chi connectivity index (χ4v) is 2.82. The van der Waals surface area contributed by atoms with Crippen LogP contribution in [0.15, 0.2) is 42.5 Å². The Morgan fingerprint density at radius 1 is 1.00 bits per heavy atom. The molecule has 110 valence electrons. The number of nitrogens with one attached hydrogen (secondary N) is 1. The molecule has 2 aromatic carbocycles. The van der Waals surface area contributed by atoms with E-state index in [1.165, 1.54) is 0 Å². The summed E-state index contributed by atoms with van der Waals surface area (Å²) in [7, 11) is 0. The lowest BCUT2D eigenvalue weighted by Crippen LogP contribution is -2.46. The first-order valence-electron chi connectivity index (χ1n) is 6.71. The molecule has 0 radical (unpaired) electrons. The maximum atomic E-state index is 6.15. The molecule has 2 nitrogen and oxygen atoms in total. The molecule has 0 saturated carbocycles. The lowest BCUT2D eigenvalue weighted by atomic mass is 9.91. The van der Waals surface area contributed by atoms with Gasteiger partial charge >= 0.3 is 0 Å². The van der Waals surface area contributed by atoms with Crippen molar-refractivity contribution in [2.45, 2.75) is 6.10 Å². The van der Waals surface area contributed by atoms with E-state index in [4.69, 9.17) is 39.5 Å². The van der Waals surface area contributed by atoms with Gasteiger partial charge in [0.25, 0.3) is 0 Å². The summed E-state index contributed by atoms with van der Waals surface area (Å²) < 4.78 is 6.15. The second-order valence-electron chi connectivity index (χ2n) is 5.09. The third-order valence-electron chi connectivity index (χ3n) is 3.57. The Morgan fingerprint density at radius 2 is 1.81 bits per heavy atom. The van der Waals surface area contributed by atoms with Crippen LogP contribution >= 0.6 is 34.8 Å². The minimum atomic E-state index is -0.0699. The Hall–Kier alpha value is -0.930. The van der Waals surface area contributed by atoms with Crippen LogP contribution in [0.4, 0.5) is 0 Å². The van der Waals surface area contributed by atoms with Crippen molar-refractivity contribution in [3.8, 4) is 5.75 Å². The van der Waals surface area contributed by atoms with E-state index in [9.17, 15) is 0 Å². The smallest absolute Gasteiger partial charge is 0.129 e. The van der Waals surface area contributed by atoms with Crippen molar-refractivity contribution >= 4 is 34.8 Å². The first-order chi connectivity index (χ1) is 10.1. The lowest BCUT2D eigenvalue weighted by Gasteiger charge is -2.35. The Morgan fingerprint density at radius 3 is 2.43 bits per heavy atom. The standard InChI is InChI=1S/C16H14Cl3NO/c17-12-2-1-3-13(7-12)21-16(11-8-20-9-11)10-4-5-14(18)15(19)6-10/h1-7,11,16,20H,8-9H2. The van der Waals surface area contributed by atoms with Crippen molar-refractivity contribution in [1.82, 2.24) is 5.32 Å². The molecular formula is C16H14Cl3NO. The van der Waals surface area contributed by atoms with Gasteiger partial charge in [0, 0.05) is 24.0 Å². The molecule has 1 fully saturated rings. The normalized spacial score (nSPS) is 16.3. The van der Waals surface area contributed by atoms with Gasteiger partial charge in [0.15, 0.2) is 0 Å². The van der Waals surface area contributed by atoms with Crippen LogP contribution in [0.5, 0.6) is 5.75 Å². The van der Waals surface area contributed by atoms with Crippen LogP contribution < -0.4 is 10.1 Å². The van der Waals surface area contributed by atoms with Crippen LogP contribution in [-0.2, 0) is 0 Å². The van der Waals surface area contributed by atoms with Crippen LogP contribution in [0.25, 0.3) is 0 Å². The van der Waals surface area contributed by atoms with Crippen LogP contribution in [0.3, 0.4) is 0 Å². The molecule has 0 aromatic heterocycles. The molecule has 21 heavy (non-hydrogen) atoms. The molecule has 0 aliphatic carbocycles. The molecule has 1 N–H and O–H groups in total. The third-order valence-corrected chi connectivity index (χ3v) is 4.55. The molecule has 2 aromatic rings. The predicted molar refractivity (Wildman–Crippen MR) is 87.6 cm³/mol. The van der Waals surface area contributed by atoms with Gasteiger partial charge in [-0.05, 0) is 35.9 Å². The average molecular weight is 343 g/mol. The van der Waals surface area contributed by atoms with E-state index in [1.807, 2.05) is 36.4 Å². The summed E-state index contributed by atoms with van der Waals surface area (Å²) in [5.74, 6) is 1.16. The summed E-state index contributed by atoms with van der Waals surface area (Å²) in [6.07, 6.45) is -0.0699. The van der Waals surface area contributed by atoms with Gasteiger partial charge in [0.05, 0.1) is 10.0 Å². The molecule has 0 amide bonds. The van der Waals surface area contributed by atoms with Crippen molar-refractivity contribution in [1.29, 1.82) is 0 Å². The van der Waals surface area contributed by atoms with E-state index in [0.29, 0.717) is 21.0 Å². The molecular weight excluding hydrogens is 329 g/mol. The Bertz CT molecular complexity index is 643. The number of benzene rings is 2. The second-order valence-corrected chi connectivity index (χ2v) is 6.34. The molecule has 1 saturated heterocycles. The Kier molecular flexibility index (Phi) is 4.60. The van der Waals surface area contributed by atoms with Gasteiger partial charge in [-0.1, -0.05) is 46.9 Å². The number of ether oxygens (including phenoxy) is 1. The molecule has 5 heteroatoms. The van der Waals surface area contributed by atoms with Gasteiger partial charge < -0.3 is 10.1 Å². The van der Waals surface area contributed by atoms with Crippen molar-refractivity contribution in [2.75, 3.05) is 13.1 Å². The number of hydrogen-bond donors (Lipinski definition) is 1. The predicted octanol–water partition coefficient (Wildman–Crippen LogP) is 4.99. The zero-order valence-electron chi connectivity index (χ0n) is 11.2. The van der Waals surface area contributed by atoms with Crippen LogP contribution in [0, 0.1) is 5.92 Å². The van der Waals surface area contributed by atoms with Crippen LogP contribution in [0.2, 0.25) is 15.1 Å². The van der Waals surface area contributed by atoms with Gasteiger partial charge in [0.2, 0.25) is 0 Å². The zero-order valence-corrected chi connectivity index (χ0v) is 13.4. The van der Waals surface area contributed by atoms with Gasteiger partial charge in [0.1, 0.15) is 11.9 Å². The van der Waals surface area contributed by atoms with Gasteiger partial charge in [-0.2, -0.15) is 0 Å².